The van der Waals surface area contributed by atoms with E-state index in [2.05, 4.69) is 11.1 Å². The molecule has 0 spiro atoms. The Balaban J connectivity index is 2.38. The zero-order valence-electron chi connectivity index (χ0n) is 11.3. The first-order valence-corrected chi connectivity index (χ1v) is 6.12. The molecule has 0 fully saturated rings. The lowest BCUT2D eigenvalue weighted by molar-refractivity contribution is 0.371. The Morgan fingerprint density at radius 1 is 1.30 bits per heavy atom. The van der Waals surface area contributed by atoms with Crippen molar-refractivity contribution in [2.24, 2.45) is 5.73 Å². The highest BCUT2D eigenvalue weighted by Gasteiger charge is 2.13. The molecule has 0 aliphatic heterocycles. The molecular weight excluding hydrogens is 254 g/mol. The number of ether oxygens (including phenoxy) is 2. The van der Waals surface area contributed by atoms with E-state index in [0.717, 1.165) is 5.56 Å². The summed E-state index contributed by atoms with van der Waals surface area (Å²) >= 11 is 0. The summed E-state index contributed by atoms with van der Waals surface area (Å²) < 4.78 is 11.0. The van der Waals surface area contributed by atoms with E-state index in [9.17, 15) is 0 Å². The third kappa shape index (κ3) is 2.87. The third-order valence-electron chi connectivity index (χ3n) is 2.79. The van der Waals surface area contributed by atoms with Crippen molar-refractivity contribution in [1.82, 2.24) is 4.98 Å². The maximum absolute atomic E-state index is 8.88. The van der Waals surface area contributed by atoms with Crippen LogP contribution in [0.4, 0.5) is 0 Å². The SMILES string of the molecule is COc1cc(C#N)ccc1Oc1ncccc1C(C)N. The van der Waals surface area contributed by atoms with E-state index in [1.54, 1.807) is 24.4 Å². The molecule has 0 amide bonds. The normalized spacial score (nSPS) is 11.5. The van der Waals surface area contributed by atoms with Crippen molar-refractivity contribution in [2.45, 2.75) is 13.0 Å². The Bertz CT molecular complexity index is 648. The monoisotopic (exact) mass is 269 g/mol. The number of benzene rings is 1. The zero-order chi connectivity index (χ0) is 14.5. The summed E-state index contributed by atoms with van der Waals surface area (Å²) in [5.74, 6) is 1.41. The lowest BCUT2D eigenvalue weighted by Crippen LogP contribution is -2.07. The van der Waals surface area contributed by atoms with Crippen LogP contribution in [-0.4, -0.2) is 12.1 Å². The minimum atomic E-state index is -0.192. The van der Waals surface area contributed by atoms with Crippen LogP contribution in [0.2, 0.25) is 0 Å². The van der Waals surface area contributed by atoms with Crippen LogP contribution < -0.4 is 15.2 Å². The van der Waals surface area contributed by atoms with Crippen LogP contribution in [0.3, 0.4) is 0 Å². The van der Waals surface area contributed by atoms with Gasteiger partial charge >= 0.3 is 0 Å². The molecule has 0 aliphatic carbocycles. The van der Waals surface area contributed by atoms with Crippen LogP contribution in [0.1, 0.15) is 24.1 Å². The summed E-state index contributed by atoms with van der Waals surface area (Å²) in [6.07, 6.45) is 1.64. The van der Waals surface area contributed by atoms with E-state index in [4.69, 9.17) is 20.5 Å². The molecule has 2 rings (SSSR count). The Morgan fingerprint density at radius 2 is 2.10 bits per heavy atom. The van der Waals surface area contributed by atoms with Gasteiger partial charge in [-0.25, -0.2) is 4.98 Å². The van der Waals surface area contributed by atoms with E-state index in [0.29, 0.717) is 22.9 Å². The maximum atomic E-state index is 8.88. The first-order chi connectivity index (χ1) is 9.65. The second-order valence-electron chi connectivity index (χ2n) is 4.27. The van der Waals surface area contributed by atoms with Crippen LogP contribution in [0.25, 0.3) is 0 Å². The molecule has 1 aromatic carbocycles. The Labute approximate surface area is 117 Å². The van der Waals surface area contributed by atoms with Crippen molar-refractivity contribution < 1.29 is 9.47 Å². The van der Waals surface area contributed by atoms with Gasteiger partial charge in [0.15, 0.2) is 11.5 Å². The molecule has 0 saturated carbocycles. The summed E-state index contributed by atoms with van der Waals surface area (Å²) in [7, 11) is 1.52. The topological polar surface area (TPSA) is 81.2 Å². The molecule has 2 aromatic rings. The van der Waals surface area contributed by atoms with Crippen molar-refractivity contribution in [3.05, 3.63) is 47.7 Å². The smallest absolute Gasteiger partial charge is 0.224 e. The molecule has 20 heavy (non-hydrogen) atoms. The number of nitrogens with zero attached hydrogens (tertiary/aromatic N) is 2. The number of hydrogen-bond acceptors (Lipinski definition) is 5. The lowest BCUT2D eigenvalue weighted by Gasteiger charge is -2.14. The van der Waals surface area contributed by atoms with Crippen molar-refractivity contribution in [3.63, 3.8) is 0 Å². The van der Waals surface area contributed by atoms with Gasteiger partial charge in [-0.3, -0.25) is 0 Å². The minimum absolute atomic E-state index is 0.192. The highest BCUT2D eigenvalue weighted by atomic mass is 16.5. The maximum Gasteiger partial charge on any atom is 0.224 e. The molecule has 1 unspecified atom stereocenters. The number of aromatic nitrogens is 1. The Hall–Kier alpha value is -2.58. The third-order valence-corrected chi connectivity index (χ3v) is 2.79. The van der Waals surface area contributed by atoms with Gasteiger partial charge in [0.1, 0.15) is 0 Å². The van der Waals surface area contributed by atoms with Crippen molar-refractivity contribution >= 4 is 0 Å². The van der Waals surface area contributed by atoms with Crippen LogP contribution in [0.5, 0.6) is 17.4 Å². The van der Waals surface area contributed by atoms with Crippen molar-refractivity contribution in [1.29, 1.82) is 5.26 Å². The summed E-state index contributed by atoms with van der Waals surface area (Å²) in [6, 6.07) is 10.5. The Kier molecular flexibility index (Phi) is 4.18. The fraction of sp³-hybridized carbons (Fsp3) is 0.200. The molecule has 0 bridgehead atoms. The number of methoxy groups -OCH3 is 1. The molecule has 1 atom stereocenters. The summed E-state index contributed by atoms with van der Waals surface area (Å²) in [4.78, 5) is 4.19. The number of hydrogen-bond donors (Lipinski definition) is 1. The van der Waals surface area contributed by atoms with E-state index in [-0.39, 0.29) is 6.04 Å². The van der Waals surface area contributed by atoms with E-state index >= 15 is 0 Å². The van der Waals surface area contributed by atoms with Crippen molar-refractivity contribution in [2.75, 3.05) is 7.11 Å². The molecule has 1 aromatic heterocycles. The number of rotatable bonds is 4. The number of nitrogens with two attached hydrogens (primary N) is 1. The highest BCUT2D eigenvalue weighted by molar-refractivity contribution is 5.48. The van der Waals surface area contributed by atoms with Gasteiger partial charge in [-0.15, -0.1) is 0 Å². The Morgan fingerprint density at radius 3 is 2.75 bits per heavy atom. The molecule has 2 N–H and O–H groups in total. The average Bonchev–Trinajstić information content (AvgIpc) is 2.48. The fourth-order valence-electron chi connectivity index (χ4n) is 1.76. The molecule has 5 heteroatoms. The summed E-state index contributed by atoms with van der Waals surface area (Å²) in [6.45, 7) is 1.86. The predicted octanol–water partition coefficient (Wildman–Crippen LogP) is 2.77. The van der Waals surface area contributed by atoms with E-state index < -0.39 is 0 Å². The second kappa shape index (κ2) is 6.04. The molecule has 102 valence electrons. The zero-order valence-corrected chi connectivity index (χ0v) is 11.3. The lowest BCUT2D eigenvalue weighted by atomic mass is 10.1. The molecule has 0 saturated heterocycles. The quantitative estimate of drug-likeness (QED) is 0.923. The standard InChI is InChI=1S/C15H15N3O2/c1-10(17)12-4-3-7-18-15(12)20-13-6-5-11(9-16)8-14(13)19-2/h3-8,10H,17H2,1-2H3. The van der Waals surface area contributed by atoms with Gasteiger partial charge in [-0.05, 0) is 25.1 Å². The van der Waals surface area contributed by atoms with Crippen molar-refractivity contribution in [3.8, 4) is 23.4 Å². The average molecular weight is 269 g/mol. The fourth-order valence-corrected chi connectivity index (χ4v) is 1.76. The van der Waals surface area contributed by atoms with E-state index in [1.807, 2.05) is 19.1 Å². The molecule has 1 heterocycles. The van der Waals surface area contributed by atoms with Gasteiger partial charge < -0.3 is 15.2 Å². The van der Waals surface area contributed by atoms with Gasteiger partial charge in [0.2, 0.25) is 5.88 Å². The molecule has 0 aliphatic rings. The summed E-state index contributed by atoms with van der Waals surface area (Å²) in [5, 5.41) is 8.88. The van der Waals surface area contributed by atoms with Crippen LogP contribution >= 0.6 is 0 Å². The van der Waals surface area contributed by atoms with E-state index in [1.165, 1.54) is 7.11 Å². The molecular formula is C15H15N3O2. The predicted molar refractivity (Wildman–Crippen MR) is 74.6 cm³/mol. The van der Waals surface area contributed by atoms with Crippen LogP contribution in [0, 0.1) is 11.3 Å². The highest BCUT2D eigenvalue weighted by Crippen LogP contribution is 2.33. The van der Waals surface area contributed by atoms with Gasteiger partial charge in [-0.1, -0.05) is 6.07 Å². The van der Waals surface area contributed by atoms with Gasteiger partial charge in [0.25, 0.3) is 0 Å². The van der Waals surface area contributed by atoms with Crippen LogP contribution in [-0.2, 0) is 0 Å². The van der Waals surface area contributed by atoms with Gasteiger partial charge in [0.05, 0.1) is 18.7 Å². The summed E-state index contributed by atoms with van der Waals surface area (Å²) in [5.41, 5.74) is 7.20. The molecule has 0 radical (unpaired) electrons. The molecule has 5 nitrogen and oxygen atoms in total. The van der Waals surface area contributed by atoms with Crippen LogP contribution in [0.15, 0.2) is 36.5 Å². The van der Waals surface area contributed by atoms with Gasteiger partial charge in [-0.2, -0.15) is 5.26 Å². The second-order valence-corrected chi connectivity index (χ2v) is 4.27. The largest absolute Gasteiger partial charge is 0.493 e. The first kappa shape index (κ1) is 13.8. The number of pyridine rings is 1. The minimum Gasteiger partial charge on any atom is -0.493 e. The van der Waals surface area contributed by atoms with Gasteiger partial charge in [0, 0.05) is 23.9 Å². The first-order valence-electron chi connectivity index (χ1n) is 6.12. The number of nitriles is 1.